The van der Waals surface area contributed by atoms with Crippen LogP contribution in [0.25, 0.3) is 22.3 Å². The van der Waals surface area contributed by atoms with Crippen LogP contribution in [0, 0.1) is 6.92 Å². The predicted molar refractivity (Wildman–Crippen MR) is 154 cm³/mol. The lowest BCUT2D eigenvalue weighted by atomic mass is 10.1. The van der Waals surface area contributed by atoms with E-state index in [4.69, 9.17) is 26.3 Å². The summed E-state index contributed by atoms with van der Waals surface area (Å²) in [5.74, 6) is 0.726. The van der Waals surface area contributed by atoms with E-state index in [1.165, 1.54) is 0 Å². The van der Waals surface area contributed by atoms with Gasteiger partial charge in [-0.05, 0) is 75.1 Å². The molecule has 1 N–H and O–H groups in total. The Morgan fingerprint density at radius 2 is 1.87 bits per heavy atom. The SMILES string of the molecule is CSc1cc(C(=O)NCc2cc3nc(-c4cccc(N5CC(C)OC(C)C5)n4)ccc3cn2)cc(Cl)c1C. The molecule has 0 aliphatic carbocycles. The van der Waals surface area contributed by atoms with Crippen LogP contribution in [-0.2, 0) is 11.3 Å². The zero-order chi connectivity index (χ0) is 26.8. The highest BCUT2D eigenvalue weighted by Gasteiger charge is 2.23. The average Bonchev–Trinajstić information content (AvgIpc) is 2.92. The van der Waals surface area contributed by atoms with Crippen LogP contribution >= 0.6 is 23.4 Å². The van der Waals surface area contributed by atoms with E-state index in [0.29, 0.717) is 10.6 Å². The first kappa shape index (κ1) is 26.4. The van der Waals surface area contributed by atoms with Crippen molar-refractivity contribution < 1.29 is 9.53 Å². The molecule has 196 valence electrons. The topological polar surface area (TPSA) is 80.2 Å². The number of benzene rings is 1. The Kier molecular flexibility index (Phi) is 7.83. The summed E-state index contributed by atoms with van der Waals surface area (Å²) in [5.41, 5.74) is 4.61. The average molecular weight is 548 g/mol. The number of rotatable bonds is 6. The third kappa shape index (κ3) is 5.77. The van der Waals surface area contributed by atoms with Crippen LogP contribution in [0.1, 0.15) is 35.5 Å². The third-order valence-corrected chi connectivity index (χ3v) is 7.84. The van der Waals surface area contributed by atoms with Gasteiger partial charge in [-0.2, -0.15) is 0 Å². The second-order valence-electron chi connectivity index (χ2n) is 9.58. The number of anilines is 1. The van der Waals surface area contributed by atoms with Crippen LogP contribution in [0.5, 0.6) is 0 Å². The van der Waals surface area contributed by atoms with Crippen LogP contribution in [0.4, 0.5) is 5.82 Å². The molecule has 1 saturated heterocycles. The van der Waals surface area contributed by atoms with Crippen molar-refractivity contribution in [3.05, 3.63) is 76.6 Å². The molecule has 1 aromatic carbocycles. The number of hydrogen-bond donors (Lipinski definition) is 1. The number of morpholine rings is 1. The van der Waals surface area contributed by atoms with Gasteiger partial charge in [-0.25, -0.2) is 9.97 Å². The first-order valence-electron chi connectivity index (χ1n) is 12.6. The van der Waals surface area contributed by atoms with Crippen molar-refractivity contribution in [1.82, 2.24) is 20.3 Å². The van der Waals surface area contributed by atoms with Gasteiger partial charge in [0.15, 0.2) is 0 Å². The van der Waals surface area contributed by atoms with Crippen LogP contribution in [-0.4, -0.2) is 52.4 Å². The minimum atomic E-state index is -0.196. The molecule has 9 heteroatoms. The van der Waals surface area contributed by atoms with E-state index in [-0.39, 0.29) is 24.7 Å². The van der Waals surface area contributed by atoms with E-state index in [1.807, 2.05) is 55.6 Å². The standard InChI is InChI=1S/C29H30ClN5O2S/c1-17-15-35(16-18(2)37-17)28-7-5-6-24(34-28)25-9-8-20-13-31-22(12-26(20)33-25)14-32-29(36)21-10-23(30)19(3)27(11-21)38-4/h5-13,17-18H,14-16H2,1-4H3,(H,32,36). The van der Waals surface area contributed by atoms with Crippen molar-refractivity contribution in [2.45, 2.75) is 44.4 Å². The highest BCUT2D eigenvalue weighted by molar-refractivity contribution is 7.98. The number of nitrogens with zero attached hydrogens (tertiary/aromatic N) is 4. The zero-order valence-corrected chi connectivity index (χ0v) is 23.4. The lowest BCUT2D eigenvalue weighted by Crippen LogP contribution is -2.45. The fourth-order valence-electron chi connectivity index (χ4n) is 4.67. The van der Waals surface area contributed by atoms with Gasteiger partial charge in [0.2, 0.25) is 0 Å². The monoisotopic (exact) mass is 547 g/mol. The molecule has 1 aliphatic heterocycles. The molecule has 7 nitrogen and oxygen atoms in total. The first-order valence-corrected chi connectivity index (χ1v) is 14.2. The molecule has 0 bridgehead atoms. The second-order valence-corrected chi connectivity index (χ2v) is 10.8. The molecule has 1 aliphatic rings. The normalized spacial score (nSPS) is 17.6. The molecule has 2 atom stereocenters. The molecule has 38 heavy (non-hydrogen) atoms. The number of nitrogens with one attached hydrogen (secondary N) is 1. The number of carbonyl (C=O) groups excluding carboxylic acids is 1. The molecule has 0 spiro atoms. The van der Waals surface area contributed by atoms with Gasteiger partial charge in [0.05, 0.1) is 41.4 Å². The predicted octanol–water partition coefficient (Wildman–Crippen LogP) is 5.92. The lowest BCUT2D eigenvalue weighted by molar-refractivity contribution is -0.00545. The number of amides is 1. The molecule has 1 amide bonds. The Balaban J connectivity index is 1.34. The first-order chi connectivity index (χ1) is 18.3. The van der Waals surface area contributed by atoms with Crippen molar-refractivity contribution in [2.75, 3.05) is 24.2 Å². The van der Waals surface area contributed by atoms with Crippen LogP contribution in [0.15, 0.2) is 59.6 Å². The van der Waals surface area contributed by atoms with E-state index >= 15 is 0 Å². The summed E-state index contributed by atoms with van der Waals surface area (Å²) in [4.78, 5) is 30.4. The number of hydrogen-bond acceptors (Lipinski definition) is 7. The van der Waals surface area contributed by atoms with Crippen LogP contribution in [0.2, 0.25) is 5.02 Å². The largest absolute Gasteiger partial charge is 0.372 e. The fourth-order valence-corrected chi connectivity index (χ4v) is 5.61. The molecule has 4 heterocycles. The molecule has 3 aromatic heterocycles. The van der Waals surface area contributed by atoms with Gasteiger partial charge in [-0.3, -0.25) is 9.78 Å². The maximum absolute atomic E-state index is 12.8. The highest BCUT2D eigenvalue weighted by Crippen LogP contribution is 2.28. The maximum atomic E-state index is 12.8. The highest BCUT2D eigenvalue weighted by atomic mass is 35.5. The van der Waals surface area contributed by atoms with Crippen LogP contribution in [0.3, 0.4) is 0 Å². The quantitative estimate of drug-likeness (QED) is 0.300. The number of aromatic nitrogens is 3. The van der Waals surface area contributed by atoms with Gasteiger partial charge in [0.25, 0.3) is 5.91 Å². The summed E-state index contributed by atoms with van der Waals surface area (Å²) in [6.07, 6.45) is 4.06. The van der Waals surface area contributed by atoms with Crippen molar-refractivity contribution >= 4 is 46.0 Å². The van der Waals surface area contributed by atoms with Gasteiger partial charge in [0.1, 0.15) is 5.82 Å². The van der Waals surface area contributed by atoms with Crippen molar-refractivity contribution in [3.63, 3.8) is 0 Å². The van der Waals surface area contributed by atoms with Crippen molar-refractivity contribution in [1.29, 1.82) is 0 Å². The summed E-state index contributed by atoms with van der Waals surface area (Å²) in [6, 6.07) is 15.5. The molecular formula is C29H30ClN5O2S. The third-order valence-electron chi connectivity index (χ3n) is 6.58. The minimum Gasteiger partial charge on any atom is -0.372 e. The number of thioether (sulfide) groups is 1. The second kappa shape index (κ2) is 11.3. The smallest absolute Gasteiger partial charge is 0.251 e. The molecule has 5 rings (SSSR count). The summed E-state index contributed by atoms with van der Waals surface area (Å²) in [5, 5.41) is 4.45. The van der Waals surface area contributed by atoms with Gasteiger partial charge >= 0.3 is 0 Å². The van der Waals surface area contributed by atoms with Crippen molar-refractivity contribution in [2.24, 2.45) is 0 Å². The summed E-state index contributed by atoms with van der Waals surface area (Å²) in [6.45, 7) is 8.01. The fraction of sp³-hybridized carbons (Fsp3) is 0.310. The van der Waals surface area contributed by atoms with Crippen molar-refractivity contribution in [3.8, 4) is 11.4 Å². The van der Waals surface area contributed by atoms with E-state index in [9.17, 15) is 4.79 Å². The van der Waals surface area contributed by atoms with Gasteiger partial charge in [0, 0.05) is 40.2 Å². The zero-order valence-electron chi connectivity index (χ0n) is 21.9. The maximum Gasteiger partial charge on any atom is 0.251 e. The Labute approximate surface area is 232 Å². The Morgan fingerprint density at radius 3 is 2.63 bits per heavy atom. The van der Waals surface area contributed by atoms with E-state index in [0.717, 1.165) is 57.4 Å². The number of pyridine rings is 3. The Bertz CT molecular complexity index is 1490. The number of fused-ring (bicyclic) bond motifs is 1. The van der Waals surface area contributed by atoms with E-state index < -0.39 is 0 Å². The minimum absolute atomic E-state index is 0.157. The number of ether oxygens (including phenoxy) is 1. The molecule has 0 radical (unpaired) electrons. The van der Waals surface area contributed by atoms with Gasteiger partial charge < -0.3 is 15.0 Å². The van der Waals surface area contributed by atoms with E-state index in [1.54, 1.807) is 24.0 Å². The molecule has 2 unspecified atom stereocenters. The summed E-state index contributed by atoms with van der Waals surface area (Å²) in [7, 11) is 0. The molecule has 1 fully saturated rings. The lowest BCUT2D eigenvalue weighted by Gasteiger charge is -2.36. The Hall–Kier alpha value is -3.20. The van der Waals surface area contributed by atoms with Crippen LogP contribution < -0.4 is 10.2 Å². The summed E-state index contributed by atoms with van der Waals surface area (Å²) < 4.78 is 5.87. The molecule has 4 aromatic rings. The van der Waals surface area contributed by atoms with E-state index in [2.05, 4.69) is 29.0 Å². The van der Waals surface area contributed by atoms with Gasteiger partial charge in [-0.15, -0.1) is 11.8 Å². The Morgan fingerprint density at radius 1 is 1.11 bits per heavy atom. The molecule has 0 saturated carbocycles. The number of carbonyl (C=O) groups is 1. The molecular weight excluding hydrogens is 518 g/mol. The van der Waals surface area contributed by atoms with Gasteiger partial charge in [-0.1, -0.05) is 17.7 Å². The number of halogens is 1. The summed E-state index contributed by atoms with van der Waals surface area (Å²) >= 11 is 7.90.